The first-order chi connectivity index (χ1) is 29.0. The Morgan fingerprint density at radius 1 is 0.508 bits per heavy atom. The van der Waals surface area contributed by atoms with Gasteiger partial charge in [0.15, 0.2) is 6.10 Å². The summed E-state index contributed by atoms with van der Waals surface area (Å²) in [5.74, 6) is -0.303. The summed E-state index contributed by atoms with van der Waals surface area (Å²) >= 11 is 0. The standard InChI is InChI=1S/C51H85O7P/c1-3-5-7-9-11-13-15-17-19-20-22-24-26-28-36-42-51(52)58-50(46-54-43-37-29-27-25-23-21-18-16-14-12-10-8-6-4-2)47-57-59(53,55-44-48-38-32-30-33-39-48)56-45-49-40-34-31-35-41-49/h30-35,37-41,43,50H,3-29,36,42,44-47H2,1-2H3/b43-37+/t50-/m0/s1. The first kappa shape index (κ1) is 52.7. The third kappa shape index (κ3) is 32.0. The van der Waals surface area contributed by atoms with Crippen LogP contribution in [0.2, 0.25) is 0 Å². The highest BCUT2D eigenvalue weighted by Crippen LogP contribution is 2.51. The van der Waals surface area contributed by atoms with Gasteiger partial charge in [0.25, 0.3) is 0 Å². The molecule has 0 aliphatic heterocycles. The number of hydrogen-bond donors (Lipinski definition) is 0. The highest BCUT2D eigenvalue weighted by molar-refractivity contribution is 7.48. The van der Waals surface area contributed by atoms with E-state index in [0.717, 1.165) is 43.2 Å². The molecule has 7 nitrogen and oxygen atoms in total. The van der Waals surface area contributed by atoms with Crippen LogP contribution in [0.3, 0.4) is 0 Å². The Hall–Kier alpha value is -2.44. The number of carbonyl (C=O) groups excluding carboxylic acids is 1. The van der Waals surface area contributed by atoms with Gasteiger partial charge in [0.05, 0.1) is 26.1 Å². The topological polar surface area (TPSA) is 80.3 Å². The van der Waals surface area contributed by atoms with E-state index in [1.165, 1.54) is 148 Å². The second kappa shape index (κ2) is 38.5. The molecule has 0 fully saturated rings. The molecule has 0 saturated carbocycles. The summed E-state index contributed by atoms with van der Waals surface area (Å²) in [7, 11) is -4.04. The van der Waals surface area contributed by atoms with E-state index in [2.05, 4.69) is 13.8 Å². The molecule has 0 spiro atoms. The molecule has 0 saturated heterocycles. The first-order valence-corrected chi connectivity index (χ1v) is 25.6. The van der Waals surface area contributed by atoms with Crippen molar-refractivity contribution >= 4 is 13.8 Å². The second-order valence-corrected chi connectivity index (χ2v) is 18.1. The monoisotopic (exact) mass is 841 g/mol. The van der Waals surface area contributed by atoms with Crippen LogP contribution >= 0.6 is 7.82 Å². The lowest BCUT2D eigenvalue weighted by Gasteiger charge is -2.22. The van der Waals surface area contributed by atoms with E-state index >= 15 is 0 Å². The van der Waals surface area contributed by atoms with Crippen LogP contribution in [-0.4, -0.2) is 25.3 Å². The molecule has 0 radical (unpaired) electrons. The number of ether oxygens (including phenoxy) is 2. The zero-order valence-electron chi connectivity index (χ0n) is 37.6. The second-order valence-electron chi connectivity index (χ2n) is 16.5. The first-order valence-electron chi connectivity index (χ1n) is 24.1. The number of allylic oxidation sites excluding steroid dienone is 1. The fourth-order valence-electron chi connectivity index (χ4n) is 7.15. The van der Waals surface area contributed by atoms with Gasteiger partial charge < -0.3 is 9.47 Å². The molecule has 0 unspecified atom stereocenters. The van der Waals surface area contributed by atoms with E-state index in [4.69, 9.17) is 23.0 Å². The minimum atomic E-state index is -4.04. The third-order valence-electron chi connectivity index (χ3n) is 10.9. The molecular weight excluding hydrogens is 756 g/mol. The van der Waals surface area contributed by atoms with Gasteiger partial charge in [0.1, 0.15) is 6.61 Å². The molecular formula is C51H85O7P. The largest absolute Gasteiger partial charge is 0.498 e. The number of rotatable bonds is 42. The lowest BCUT2D eigenvalue weighted by atomic mass is 10.0. The molecule has 1 atom stereocenters. The molecule has 336 valence electrons. The minimum Gasteiger partial charge on any atom is -0.498 e. The Balaban J connectivity index is 1.77. The van der Waals surface area contributed by atoms with Crippen molar-refractivity contribution in [2.75, 3.05) is 13.2 Å². The van der Waals surface area contributed by atoms with Gasteiger partial charge in [-0.2, -0.15) is 0 Å². The summed E-state index contributed by atoms with van der Waals surface area (Å²) in [6.07, 6.45) is 39.1. The fourth-order valence-corrected chi connectivity index (χ4v) is 8.33. The van der Waals surface area contributed by atoms with E-state index in [-0.39, 0.29) is 32.4 Å². The normalized spacial score (nSPS) is 12.3. The fraction of sp³-hybridized carbons (Fsp3) is 0.706. The number of unbranched alkanes of at least 4 members (excludes halogenated alkanes) is 26. The summed E-state index contributed by atoms with van der Waals surface area (Å²) in [6.45, 7) is 4.54. The van der Waals surface area contributed by atoms with Crippen LogP contribution in [0.4, 0.5) is 0 Å². The maximum atomic E-state index is 13.9. The SMILES string of the molecule is CCCCCCCCCCCCCC/C=C/OC[C@@H](COP(=O)(OCc1ccccc1)OCc1ccccc1)OC(=O)CCCCCCCCCCCCCCCCC. The van der Waals surface area contributed by atoms with Gasteiger partial charge in [0.2, 0.25) is 0 Å². The van der Waals surface area contributed by atoms with Crippen LogP contribution < -0.4 is 0 Å². The van der Waals surface area contributed by atoms with Gasteiger partial charge in [0, 0.05) is 6.42 Å². The predicted octanol–water partition coefficient (Wildman–Crippen LogP) is 16.3. The molecule has 2 aromatic carbocycles. The number of carbonyl (C=O) groups is 1. The average Bonchev–Trinajstić information content (AvgIpc) is 3.26. The number of phosphoric ester groups is 1. The van der Waals surface area contributed by atoms with Crippen LogP contribution in [0.1, 0.15) is 211 Å². The summed E-state index contributed by atoms with van der Waals surface area (Å²) in [5, 5.41) is 0. The Labute approximate surface area is 361 Å². The average molecular weight is 841 g/mol. The van der Waals surface area contributed by atoms with Crippen molar-refractivity contribution in [2.45, 2.75) is 219 Å². The molecule has 8 heteroatoms. The number of hydrogen-bond acceptors (Lipinski definition) is 7. The zero-order valence-corrected chi connectivity index (χ0v) is 38.5. The van der Waals surface area contributed by atoms with E-state index in [1.807, 2.05) is 66.7 Å². The maximum Gasteiger partial charge on any atom is 0.475 e. The summed E-state index contributed by atoms with van der Waals surface area (Å²) in [4.78, 5) is 13.0. The van der Waals surface area contributed by atoms with Crippen LogP contribution in [0.25, 0.3) is 0 Å². The lowest BCUT2D eigenvalue weighted by molar-refractivity contribution is -0.153. The molecule has 0 heterocycles. The quantitative estimate of drug-likeness (QED) is 0.0285. The molecule has 2 aromatic rings. The Morgan fingerprint density at radius 3 is 1.32 bits per heavy atom. The summed E-state index contributed by atoms with van der Waals surface area (Å²) in [5.41, 5.74) is 1.68. The van der Waals surface area contributed by atoms with Gasteiger partial charge in [-0.25, -0.2) is 4.57 Å². The van der Waals surface area contributed by atoms with Gasteiger partial charge in [-0.1, -0.05) is 235 Å². The molecule has 0 aromatic heterocycles. The molecule has 0 amide bonds. The van der Waals surface area contributed by atoms with E-state index in [0.29, 0.717) is 6.42 Å². The molecule has 0 N–H and O–H groups in total. The lowest BCUT2D eigenvalue weighted by Crippen LogP contribution is -2.28. The summed E-state index contributed by atoms with van der Waals surface area (Å²) in [6, 6.07) is 19.0. The van der Waals surface area contributed by atoms with Gasteiger partial charge in [-0.05, 0) is 36.5 Å². The van der Waals surface area contributed by atoms with Crippen LogP contribution in [0.15, 0.2) is 73.0 Å². The van der Waals surface area contributed by atoms with Crippen molar-refractivity contribution in [1.29, 1.82) is 0 Å². The van der Waals surface area contributed by atoms with Crippen molar-refractivity contribution in [3.63, 3.8) is 0 Å². The molecule has 59 heavy (non-hydrogen) atoms. The Morgan fingerprint density at radius 2 is 0.898 bits per heavy atom. The van der Waals surface area contributed by atoms with Crippen molar-refractivity contribution in [2.24, 2.45) is 0 Å². The molecule has 0 aliphatic carbocycles. The van der Waals surface area contributed by atoms with Gasteiger partial charge in [-0.3, -0.25) is 18.4 Å². The van der Waals surface area contributed by atoms with E-state index in [9.17, 15) is 9.36 Å². The van der Waals surface area contributed by atoms with E-state index in [1.54, 1.807) is 6.26 Å². The zero-order chi connectivity index (χ0) is 42.2. The smallest absolute Gasteiger partial charge is 0.475 e. The Bertz CT molecular complexity index is 1240. The predicted molar refractivity (Wildman–Crippen MR) is 246 cm³/mol. The van der Waals surface area contributed by atoms with Crippen LogP contribution in [0.5, 0.6) is 0 Å². The number of esters is 1. The summed E-state index contributed by atoms with van der Waals surface area (Å²) < 4.78 is 43.1. The van der Waals surface area contributed by atoms with Crippen molar-refractivity contribution in [1.82, 2.24) is 0 Å². The highest BCUT2D eigenvalue weighted by atomic mass is 31.2. The third-order valence-corrected chi connectivity index (χ3v) is 12.2. The minimum absolute atomic E-state index is 0.0505. The van der Waals surface area contributed by atoms with Gasteiger partial charge >= 0.3 is 13.8 Å². The van der Waals surface area contributed by atoms with Crippen LogP contribution in [0, 0.1) is 0 Å². The van der Waals surface area contributed by atoms with Crippen LogP contribution in [-0.2, 0) is 45.6 Å². The van der Waals surface area contributed by atoms with Crippen molar-refractivity contribution < 1.29 is 32.4 Å². The highest BCUT2D eigenvalue weighted by Gasteiger charge is 2.30. The van der Waals surface area contributed by atoms with Crippen molar-refractivity contribution in [3.8, 4) is 0 Å². The molecule has 2 rings (SSSR count). The van der Waals surface area contributed by atoms with Gasteiger partial charge in [-0.15, -0.1) is 0 Å². The molecule has 0 aliphatic rings. The van der Waals surface area contributed by atoms with E-state index < -0.39 is 13.9 Å². The molecule has 0 bridgehead atoms. The maximum absolute atomic E-state index is 13.9. The van der Waals surface area contributed by atoms with Crippen molar-refractivity contribution in [3.05, 3.63) is 84.1 Å². The number of phosphoric acid groups is 1. The number of benzene rings is 2. The Kier molecular flexibility index (Phi) is 34.4.